The fourth-order valence-electron chi connectivity index (χ4n) is 2.85. The van der Waals surface area contributed by atoms with Gasteiger partial charge in [-0.2, -0.15) is 0 Å². The van der Waals surface area contributed by atoms with Crippen LogP contribution in [-0.2, 0) is 16.0 Å². The van der Waals surface area contributed by atoms with Gasteiger partial charge in [0, 0.05) is 30.9 Å². The van der Waals surface area contributed by atoms with Crippen molar-refractivity contribution < 1.29 is 19.1 Å². The third-order valence-electron chi connectivity index (χ3n) is 4.36. The van der Waals surface area contributed by atoms with E-state index in [9.17, 15) is 9.59 Å². The van der Waals surface area contributed by atoms with Gasteiger partial charge in [0.25, 0.3) is 5.91 Å². The molecule has 7 heteroatoms. The second-order valence-electron chi connectivity index (χ2n) is 6.23. The van der Waals surface area contributed by atoms with Gasteiger partial charge in [-0.3, -0.25) is 9.69 Å². The molecule has 1 fully saturated rings. The van der Waals surface area contributed by atoms with Gasteiger partial charge in [-0.05, 0) is 35.9 Å². The summed E-state index contributed by atoms with van der Waals surface area (Å²) in [4.78, 5) is 26.5. The van der Waals surface area contributed by atoms with Crippen LogP contribution in [0, 0.1) is 0 Å². The van der Waals surface area contributed by atoms with E-state index in [2.05, 4.69) is 15.0 Å². The maximum Gasteiger partial charge on any atom is 0.339 e. The van der Waals surface area contributed by atoms with Gasteiger partial charge >= 0.3 is 5.97 Å². The molecule has 27 heavy (non-hydrogen) atoms. The summed E-state index contributed by atoms with van der Waals surface area (Å²) < 4.78 is 10.0. The first kappa shape index (κ1) is 19.4. The lowest BCUT2D eigenvalue weighted by Crippen LogP contribution is -2.35. The van der Waals surface area contributed by atoms with Crippen molar-refractivity contribution in [3.05, 3.63) is 64.2 Å². The minimum atomic E-state index is -0.552. The molecular formula is C20H21ClN2O4. The van der Waals surface area contributed by atoms with E-state index in [0.29, 0.717) is 11.3 Å². The van der Waals surface area contributed by atoms with Gasteiger partial charge in [0.05, 0.1) is 30.9 Å². The summed E-state index contributed by atoms with van der Waals surface area (Å²) in [5.74, 6) is -0.811. The maximum atomic E-state index is 12.5. The Hall–Kier alpha value is -2.41. The van der Waals surface area contributed by atoms with Crippen LogP contribution in [0.15, 0.2) is 42.5 Å². The fourth-order valence-corrected chi connectivity index (χ4v) is 3.05. The molecule has 1 aliphatic rings. The van der Waals surface area contributed by atoms with Crippen molar-refractivity contribution in [2.75, 3.05) is 38.7 Å². The maximum absolute atomic E-state index is 12.5. The first-order valence-corrected chi connectivity index (χ1v) is 9.03. The van der Waals surface area contributed by atoms with Crippen LogP contribution in [0.3, 0.4) is 0 Å². The summed E-state index contributed by atoms with van der Waals surface area (Å²) in [5.41, 5.74) is 2.36. The van der Waals surface area contributed by atoms with Crippen molar-refractivity contribution in [3.8, 4) is 0 Å². The quantitative estimate of drug-likeness (QED) is 0.796. The van der Waals surface area contributed by atoms with Gasteiger partial charge < -0.3 is 14.8 Å². The third kappa shape index (κ3) is 5.07. The number of nitrogens with zero attached hydrogens (tertiary/aromatic N) is 1. The van der Waals surface area contributed by atoms with Crippen LogP contribution < -0.4 is 5.32 Å². The molecule has 3 rings (SSSR count). The number of carbonyl (C=O) groups is 2. The number of halogens is 1. The topological polar surface area (TPSA) is 67.9 Å². The van der Waals surface area contributed by atoms with Crippen LogP contribution in [0.5, 0.6) is 0 Å². The molecular weight excluding hydrogens is 368 g/mol. The van der Waals surface area contributed by atoms with Gasteiger partial charge in [0.15, 0.2) is 0 Å². The number of methoxy groups -OCH3 is 1. The molecule has 0 bridgehead atoms. The summed E-state index contributed by atoms with van der Waals surface area (Å²) in [6.07, 6.45) is 0. The molecule has 1 saturated heterocycles. The van der Waals surface area contributed by atoms with Crippen LogP contribution >= 0.6 is 11.6 Å². The minimum absolute atomic E-state index is 0.206. The average molecular weight is 389 g/mol. The molecule has 2 aromatic carbocycles. The van der Waals surface area contributed by atoms with Gasteiger partial charge in [0.2, 0.25) is 0 Å². The molecule has 0 unspecified atom stereocenters. The van der Waals surface area contributed by atoms with Gasteiger partial charge in [0.1, 0.15) is 0 Å². The molecule has 142 valence electrons. The average Bonchev–Trinajstić information content (AvgIpc) is 2.70. The van der Waals surface area contributed by atoms with E-state index in [4.69, 9.17) is 16.3 Å². The molecule has 0 aromatic heterocycles. The first-order valence-electron chi connectivity index (χ1n) is 8.65. The Balaban J connectivity index is 1.65. The largest absolute Gasteiger partial charge is 0.465 e. The predicted molar refractivity (Wildman–Crippen MR) is 103 cm³/mol. The second-order valence-corrected chi connectivity index (χ2v) is 6.63. The van der Waals surface area contributed by atoms with E-state index in [1.54, 1.807) is 24.3 Å². The molecule has 0 spiro atoms. The highest BCUT2D eigenvalue weighted by atomic mass is 35.5. The van der Waals surface area contributed by atoms with E-state index in [1.807, 2.05) is 12.1 Å². The molecule has 1 N–H and O–H groups in total. The molecule has 6 nitrogen and oxygen atoms in total. The number of morpholine rings is 1. The summed E-state index contributed by atoms with van der Waals surface area (Å²) in [6.45, 7) is 4.19. The number of ether oxygens (including phenoxy) is 2. The Morgan fingerprint density at radius 1 is 1.15 bits per heavy atom. The van der Waals surface area contributed by atoms with Crippen LogP contribution in [0.4, 0.5) is 5.69 Å². The van der Waals surface area contributed by atoms with Crippen LogP contribution in [0.25, 0.3) is 0 Å². The standard InChI is InChI=1S/C20H21ClN2O4/c1-26-20(25)17-12-16(6-7-18(17)21)22-19(24)15-4-2-14(3-5-15)13-23-8-10-27-11-9-23/h2-7,12H,8-11,13H2,1H3,(H,22,24). The Bertz CT molecular complexity index is 817. The van der Waals surface area contributed by atoms with Gasteiger partial charge in [-0.15, -0.1) is 0 Å². The zero-order valence-electron chi connectivity index (χ0n) is 15.0. The number of rotatable bonds is 5. The third-order valence-corrected chi connectivity index (χ3v) is 4.69. The number of hydrogen-bond donors (Lipinski definition) is 1. The fraction of sp³-hybridized carbons (Fsp3) is 0.300. The number of benzene rings is 2. The molecule has 1 heterocycles. The Morgan fingerprint density at radius 2 is 1.85 bits per heavy atom. The minimum Gasteiger partial charge on any atom is -0.465 e. The van der Waals surface area contributed by atoms with Crippen LogP contribution in [-0.4, -0.2) is 50.2 Å². The van der Waals surface area contributed by atoms with E-state index in [1.165, 1.54) is 13.2 Å². The zero-order valence-corrected chi connectivity index (χ0v) is 15.8. The smallest absolute Gasteiger partial charge is 0.339 e. The Kier molecular flexibility index (Phi) is 6.45. The Morgan fingerprint density at radius 3 is 2.52 bits per heavy atom. The highest BCUT2D eigenvalue weighted by Gasteiger charge is 2.14. The Labute approximate surface area is 163 Å². The van der Waals surface area contributed by atoms with Gasteiger partial charge in [-0.25, -0.2) is 4.79 Å². The van der Waals surface area contributed by atoms with Crippen molar-refractivity contribution in [2.45, 2.75) is 6.54 Å². The normalized spacial score (nSPS) is 14.6. The van der Waals surface area contributed by atoms with Crippen molar-refractivity contribution in [1.82, 2.24) is 4.90 Å². The highest BCUT2D eigenvalue weighted by Crippen LogP contribution is 2.22. The lowest BCUT2D eigenvalue weighted by atomic mass is 10.1. The number of carbonyl (C=O) groups excluding carboxylic acids is 2. The van der Waals surface area contributed by atoms with E-state index < -0.39 is 5.97 Å². The van der Waals surface area contributed by atoms with Gasteiger partial charge in [-0.1, -0.05) is 23.7 Å². The number of anilines is 1. The number of nitrogens with one attached hydrogen (secondary N) is 1. The lowest BCUT2D eigenvalue weighted by Gasteiger charge is -2.26. The number of hydrogen-bond acceptors (Lipinski definition) is 5. The molecule has 1 amide bonds. The molecule has 0 saturated carbocycles. The van der Waals surface area contributed by atoms with E-state index in [0.717, 1.165) is 38.4 Å². The second kappa shape index (κ2) is 8.99. The van der Waals surface area contributed by atoms with Crippen molar-refractivity contribution >= 4 is 29.2 Å². The van der Waals surface area contributed by atoms with Crippen molar-refractivity contribution in [2.24, 2.45) is 0 Å². The van der Waals surface area contributed by atoms with Crippen LogP contribution in [0.2, 0.25) is 5.02 Å². The number of esters is 1. The summed E-state index contributed by atoms with van der Waals surface area (Å²) in [6, 6.07) is 12.2. The van der Waals surface area contributed by atoms with Crippen molar-refractivity contribution in [1.29, 1.82) is 0 Å². The molecule has 0 radical (unpaired) electrons. The highest BCUT2D eigenvalue weighted by molar-refractivity contribution is 6.33. The van der Waals surface area contributed by atoms with E-state index >= 15 is 0 Å². The summed E-state index contributed by atoms with van der Waals surface area (Å²) >= 11 is 6.00. The SMILES string of the molecule is COC(=O)c1cc(NC(=O)c2ccc(CN3CCOCC3)cc2)ccc1Cl. The summed E-state index contributed by atoms with van der Waals surface area (Å²) in [5, 5.41) is 3.04. The van der Waals surface area contributed by atoms with Crippen LogP contribution in [0.1, 0.15) is 26.3 Å². The molecule has 0 aliphatic carbocycles. The monoisotopic (exact) mass is 388 g/mol. The first-order chi connectivity index (χ1) is 13.1. The van der Waals surface area contributed by atoms with E-state index in [-0.39, 0.29) is 16.5 Å². The number of amides is 1. The molecule has 0 atom stereocenters. The van der Waals surface area contributed by atoms with Crippen molar-refractivity contribution in [3.63, 3.8) is 0 Å². The lowest BCUT2D eigenvalue weighted by molar-refractivity contribution is 0.0342. The molecule has 2 aromatic rings. The molecule has 1 aliphatic heterocycles. The zero-order chi connectivity index (χ0) is 19.2. The predicted octanol–water partition coefficient (Wildman–Crippen LogP) is 3.21. The summed E-state index contributed by atoms with van der Waals surface area (Å²) in [7, 11) is 1.28.